The van der Waals surface area contributed by atoms with Gasteiger partial charge in [-0.2, -0.15) is 0 Å². The van der Waals surface area contributed by atoms with Crippen molar-refractivity contribution in [1.29, 1.82) is 0 Å². The minimum absolute atomic E-state index is 0.601. The summed E-state index contributed by atoms with van der Waals surface area (Å²) in [5, 5.41) is 9.98. The number of rotatable bonds is 5. The van der Waals surface area contributed by atoms with Crippen LogP contribution >= 0.6 is 14.5 Å². The standard InChI is InChI=1S/C30H44P2/c1-11-28-31(19(2)3,20(4)5)26-16-12-14-24-18-25-15-13-17-27(30(25)23(10)29(24)26)32(28,21(6)7)22(8)9/h11-22,28,31-32H,1H2,2-10H3. The van der Waals surface area contributed by atoms with Crippen LogP contribution in [0.5, 0.6) is 0 Å². The van der Waals surface area contributed by atoms with Gasteiger partial charge >= 0.3 is 198 Å². The number of hydrogen-bond acceptors (Lipinski definition) is 0. The fourth-order valence-corrected chi connectivity index (χ4v) is 28.2. The number of allylic oxidation sites excluding steroid dienone is 1. The van der Waals surface area contributed by atoms with Gasteiger partial charge in [-0.1, -0.05) is 0 Å². The van der Waals surface area contributed by atoms with Crippen molar-refractivity contribution in [3.05, 3.63) is 60.7 Å². The van der Waals surface area contributed by atoms with Crippen LogP contribution < -0.4 is 10.6 Å². The zero-order valence-electron chi connectivity index (χ0n) is 21.7. The molecular weight excluding hydrogens is 422 g/mol. The average Bonchev–Trinajstić information content (AvgIpc) is 2.71. The Bertz CT molecular complexity index is 1080. The van der Waals surface area contributed by atoms with Gasteiger partial charge in [0.2, 0.25) is 0 Å². The summed E-state index contributed by atoms with van der Waals surface area (Å²) in [5.74, 6) is 0. The van der Waals surface area contributed by atoms with Crippen molar-refractivity contribution in [3.63, 3.8) is 0 Å². The van der Waals surface area contributed by atoms with Gasteiger partial charge in [0.25, 0.3) is 0 Å². The molecule has 0 spiro atoms. The maximum absolute atomic E-state index is 4.63. The van der Waals surface area contributed by atoms with Crippen molar-refractivity contribution in [2.75, 3.05) is 0 Å². The Morgan fingerprint density at radius 2 is 1.06 bits per heavy atom. The molecule has 0 saturated heterocycles. The van der Waals surface area contributed by atoms with E-state index in [9.17, 15) is 0 Å². The van der Waals surface area contributed by atoms with E-state index in [2.05, 4.69) is 117 Å². The first-order valence-corrected chi connectivity index (χ1v) is 17.1. The second kappa shape index (κ2) is 8.22. The van der Waals surface area contributed by atoms with E-state index in [4.69, 9.17) is 0 Å². The normalized spacial score (nSPS) is 21.6. The van der Waals surface area contributed by atoms with Crippen LogP contribution in [0.4, 0.5) is 0 Å². The molecule has 0 nitrogen and oxygen atoms in total. The molecule has 2 bridgehead atoms. The number of benzene rings is 3. The van der Waals surface area contributed by atoms with E-state index in [1.54, 1.807) is 21.4 Å². The molecule has 0 atom stereocenters. The molecule has 1 aliphatic heterocycles. The summed E-state index contributed by atoms with van der Waals surface area (Å²) in [7, 11) is -4.08. The molecule has 3 aromatic rings. The van der Waals surface area contributed by atoms with Gasteiger partial charge in [-0.15, -0.1) is 0 Å². The predicted octanol–water partition coefficient (Wildman–Crippen LogP) is 8.21. The Hall–Kier alpha value is -1.22. The van der Waals surface area contributed by atoms with Crippen LogP contribution in [0.1, 0.15) is 61.0 Å². The molecule has 3 aromatic carbocycles. The van der Waals surface area contributed by atoms with E-state index in [0.29, 0.717) is 28.0 Å². The Morgan fingerprint density at radius 1 is 0.688 bits per heavy atom. The molecule has 1 aliphatic rings. The first-order chi connectivity index (χ1) is 15.1. The van der Waals surface area contributed by atoms with Crippen LogP contribution in [-0.4, -0.2) is 28.0 Å². The second-order valence-corrected chi connectivity index (χ2v) is 22.8. The summed E-state index contributed by atoms with van der Waals surface area (Å²) in [6.07, 6.45) is 2.47. The summed E-state index contributed by atoms with van der Waals surface area (Å²) >= 11 is 0. The molecule has 2 heteroatoms. The van der Waals surface area contributed by atoms with Gasteiger partial charge < -0.3 is 0 Å². The molecule has 0 aliphatic carbocycles. The molecule has 4 rings (SSSR count). The Morgan fingerprint density at radius 3 is 1.38 bits per heavy atom. The van der Waals surface area contributed by atoms with E-state index in [1.165, 1.54) is 16.3 Å². The van der Waals surface area contributed by atoms with E-state index in [1.807, 2.05) is 0 Å². The van der Waals surface area contributed by atoms with Crippen LogP contribution in [-0.2, 0) is 0 Å². The predicted molar refractivity (Wildman–Crippen MR) is 157 cm³/mol. The molecule has 32 heavy (non-hydrogen) atoms. The SMILES string of the molecule is C=CC1[PH](C(C)C)(C(C)C)c2cccc3cc4cccc(c4c(C)c23)[PH]1(C(C)C)C(C)C. The van der Waals surface area contributed by atoms with Gasteiger partial charge in [0.05, 0.1) is 0 Å². The van der Waals surface area contributed by atoms with Gasteiger partial charge in [-0.3, -0.25) is 0 Å². The molecule has 0 amide bonds. The van der Waals surface area contributed by atoms with Crippen molar-refractivity contribution in [1.82, 2.24) is 0 Å². The Kier molecular flexibility index (Phi) is 6.14. The molecule has 0 N–H and O–H groups in total. The van der Waals surface area contributed by atoms with Gasteiger partial charge in [0, 0.05) is 0 Å². The van der Waals surface area contributed by atoms with Gasteiger partial charge in [0.1, 0.15) is 0 Å². The van der Waals surface area contributed by atoms with Crippen molar-refractivity contribution in [2.45, 2.75) is 90.3 Å². The summed E-state index contributed by atoms with van der Waals surface area (Å²) < 4.78 is 0. The van der Waals surface area contributed by atoms with E-state index in [-0.39, 0.29) is 0 Å². The van der Waals surface area contributed by atoms with Crippen molar-refractivity contribution < 1.29 is 0 Å². The first-order valence-electron chi connectivity index (χ1n) is 12.7. The quantitative estimate of drug-likeness (QED) is 0.202. The molecular formula is C30H44P2. The Labute approximate surface area is 197 Å². The second-order valence-electron chi connectivity index (χ2n) is 11.5. The molecule has 0 unspecified atom stereocenters. The third-order valence-electron chi connectivity index (χ3n) is 9.27. The summed E-state index contributed by atoms with van der Waals surface area (Å²) in [5.41, 5.74) is 4.14. The van der Waals surface area contributed by atoms with Gasteiger partial charge in [0.15, 0.2) is 0 Å². The summed E-state index contributed by atoms with van der Waals surface area (Å²) in [4.78, 5) is 0. The molecule has 0 fully saturated rings. The summed E-state index contributed by atoms with van der Waals surface area (Å²) in [6, 6.07) is 16.9. The van der Waals surface area contributed by atoms with E-state index < -0.39 is 14.5 Å². The fraction of sp³-hybridized carbons (Fsp3) is 0.467. The van der Waals surface area contributed by atoms with Crippen LogP contribution in [0.25, 0.3) is 21.5 Å². The van der Waals surface area contributed by atoms with Gasteiger partial charge in [-0.05, 0) is 0 Å². The maximum atomic E-state index is 4.63. The van der Waals surface area contributed by atoms with Crippen LogP contribution in [0.3, 0.4) is 0 Å². The Balaban J connectivity index is 2.43. The molecule has 0 radical (unpaired) electrons. The van der Waals surface area contributed by atoms with Crippen molar-refractivity contribution >= 4 is 46.7 Å². The number of hydrogen-bond donors (Lipinski definition) is 0. The first kappa shape index (κ1) is 23.9. The molecule has 0 saturated carbocycles. The average molecular weight is 467 g/mol. The van der Waals surface area contributed by atoms with Crippen LogP contribution in [0.15, 0.2) is 55.1 Å². The molecule has 0 aromatic heterocycles. The minimum atomic E-state index is -2.04. The monoisotopic (exact) mass is 466 g/mol. The summed E-state index contributed by atoms with van der Waals surface area (Å²) in [6.45, 7) is 27.3. The fourth-order valence-electron chi connectivity index (χ4n) is 8.37. The topological polar surface area (TPSA) is 0 Å². The van der Waals surface area contributed by atoms with Crippen molar-refractivity contribution in [2.24, 2.45) is 0 Å². The third kappa shape index (κ3) is 2.82. The van der Waals surface area contributed by atoms with Crippen LogP contribution in [0.2, 0.25) is 0 Å². The zero-order valence-corrected chi connectivity index (χ0v) is 23.7. The molecule has 1 heterocycles. The zero-order chi connectivity index (χ0) is 23.6. The van der Waals surface area contributed by atoms with Crippen LogP contribution in [0, 0.1) is 6.92 Å². The van der Waals surface area contributed by atoms with Crippen molar-refractivity contribution in [3.8, 4) is 0 Å². The van der Waals surface area contributed by atoms with E-state index in [0.717, 1.165) is 0 Å². The molecule has 174 valence electrons. The van der Waals surface area contributed by atoms with E-state index >= 15 is 0 Å². The number of aryl methyl sites for hydroxylation is 1. The van der Waals surface area contributed by atoms with Gasteiger partial charge in [-0.25, -0.2) is 0 Å². The third-order valence-corrected chi connectivity index (χ3v) is 25.0.